The molecule has 0 radical (unpaired) electrons. The van der Waals surface area contributed by atoms with Gasteiger partial charge in [0.2, 0.25) is 5.91 Å². The van der Waals surface area contributed by atoms with E-state index in [4.69, 9.17) is 0 Å². The summed E-state index contributed by atoms with van der Waals surface area (Å²) >= 11 is 0. The highest BCUT2D eigenvalue weighted by Gasteiger charge is 2.18. The summed E-state index contributed by atoms with van der Waals surface area (Å²) in [5.41, 5.74) is 0.678. The van der Waals surface area contributed by atoms with E-state index in [1.165, 1.54) is 25.0 Å². The fourth-order valence-corrected chi connectivity index (χ4v) is 2.90. The third-order valence-corrected chi connectivity index (χ3v) is 4.37. The summed E-state index contributed by atoms with van der Waals surface area (Å²) in [5.74, 6) is 1.27. The molecule has 0 bridgehead atoms. The monoisotopic (exact) mass is 476 g/mol. The van der Waals surface area contributed by atoms with Gasteiger partial charge in [-0.1, -0.05) is 19.1 Å². The summed E-state index contributed by atoms with van der Waals surface area (Å²) in [4.78, 5) is 18.8. The highest BCUT2D eigenvalue weighted by Crippen LogP contribution is 2.15. The Morgan fingerprint density at radius 2 is 2.04 bits per heavy atom. The molecule has 2 rings (SSSR count). The number of amides is 1. The lowest BCUT2D eigenvalue weighted by Gasteiger charge is -2.33. The van der Waals surface area contributed by atoms with E-state index in [2.05, 4.69) is 34.4 Å². The van der Waals surface area contributed by atoms with Gasteiger partial charge in [0.05, 0.1) is 13.0 Å². The molecule has 1 aromatic rings. The molecule has 0 unspecified atom stereocenters. The zero-order valence-corrected chi connectivity index (χ0v) is 18.0. The lowest BCUT2D eigenvalue weighted by molar-refractivity contribution is -0.120. The van der Waals surface area contributed by atoms with E-state index in [1.807, 2.05) is 0 Å². The van der Waals surface area contributed by atoms with Gasteiger partial charge >= 0.3 is 0 Å². The van der Waals surface area contributed by atoms with Crippen LogP contribution in [0.25, 0.3) is 0 Å². The van der Waals surface area contributed by atoms with Crippen LogP contribution in [0.3, 0.4) is 0 Å². The van der Waals surface area contributed by atoms with E-state index in [1.54, 1.807) is 12.1 Å². The molecule has 0 saturated carbocycles. The maximum atomic E-state index is 13.1. The third kappa shape index (κ3) is 7.88. The van der Waals surface area contributed by atoms with Crippen LogP contribution in [0.4, 0.5) is 4.39 Å². The molecule has 0 spiro atoms. The number of carbonyl (C=O) groups is 1. The number of carbonyl (C=O) groups excluding carboxylic acids is 1. The first kappa shape index (κ1) is 22.7. The van der Waals surface area contributed by atoms with Crippen LogP contribution in [0, 0.1) is 11.7 Å². The Labute approximate surface area is 172 Å². The fourth-order valence-electron chi connectivity index (χ4n) is 2.90. The number of piperidine rings is 1. The van der Waals surface area contributed by atoms with Crippen LogP contribution < -0.4 is 10.6 Å². The molecular weight excluding hydrogens is 446 g/mol. The van der Waals surface area contributed by atoms with Crippen LogP contribution in [-0.2, 0) is 11.2 Å². The first-order valence-electron chi connectivity index (χ1n) is 9.13. The maximum absolute atomic E-state index is 13.1. The quantitative estimate of drug-likeness (QED) is 0.288. The summed E-state index contributed by atoms with van der Waals surface area (Å²) < 4.78 is 13.1. The van der Waals surface area contributed by atoms with Crippen LogP contribution in [-0.4, -0.2) is 49.5 Å². The molecule has 1 aliphatic rings. The van der Waals surface area contributed by atoms with Crippen molar-refractivity contribution in [1.82, 2.24) is 15.5 Å². The number of hydrogen-bond acceptors (Lipinski definition) is 2. The first-order valence-corrected chi connectivity index (χ1v) is 9.13. The minimum Gasteiger partial charge on any atom is -0.357 e. The lowest BCUT2D eigenvalue weighted by Crippen LogP contribution is -2.45. The average molecular weight is 476 g/mol. The Kier molecular flexibility index (Phi) is 10.5. The van der Waals surface area contributed by atoms with Crippen molar-refractivity contribution in [1.29, 1.82) is 0 Å². The Morgan fingerprint density at radius 1 is 1.31 bits per heavy atom. The highest BCUT2D eigenvalue weighted by molar-refractivity contribution is 14.0. The number of hydrogen-bond donors (Lipinski definition) is 2. The fraction of sp³-hybridized carbons (Fsp3) is 0.579. The molecule has 146 valence electrons. The number of benzene rings is 1. The van der Waals surface area contributed by atoms with Crippen molar-refractivity contribution in [3.63, 3.8) is 0 Å². The minimum absolute atomic E-state index is 0. The number of guanidine groups is 1. The molecule has 0 aromatic heterocycles. The van der Waals surface area contributed by atoms with E-state index in [-0.39, 0.29) is 42.1 Å². The molecular formula is C19H30FIN4O. The number of nitrogens with one attached hydrogen (secondary N) is 2. The number of rotatable bonds is 6. The number of likely N-dealkylation sites (tertiary alicyclic amines) is 1. The van der Waals surface area contributed by atoms with Gasteiger partial charge in [-0.3, -0.25) is 9.79 Å². The van der Waals surface area contributed by atoms with Crippen LogP contribution in [0.5, 0.6) is 0 Å². The topological polar surface area (TPSA) is 56.7 Å². The van der Waals surface area contributed by atoms with Crippen molar-refractivity contribution >= 4 is 35.8 Å². The maximum Gasteiger partial charge on any atom is 0.224 e. The number of aliphatic imine (C=N–C) groups is 1. The Morgan fingerprint density at radius 3 is 2.69 bits per heavy atom. The van der Waals surface area contributed by atoms with Gasteiger partial charge in [0.15, 0.2) is 5.96 Å². The largest absolute Gasteiger partial charge is 0.357 e. The van der Waals surface area contributed by atoms with E-state index in [0.717, 1.165) is 31.5 Å². The van der Waals surface area contributed by atoms with E-state index in [9.17, 15) is 9.18 Å². The highest BCUT2D eigenvalue weighted by atomic mass is 127. The molecule has 1 aliphatic heterocycles. The van der Waals surface area contributed by atoms with Crippen molar-refractivity contribution in [3.05, 3.63) is 35.6 Å². The van der Waals surface area contributed by atoms with Crippen molar-refractivity contribution in [2.45, 2.75) is 33.1 Å². The van der Waals surface area contributed by atoms with E-state index in [0.29, 0.717) is 18.7 Å². The van der Waals surface area contributed by atoms with Crippen molar-refractivity contribution in [2.24, 2.45) is 10.9 Å². The van der Waals surface area contributed by atoms with Gasteiger partial charge in [0.25, 0.3) is 0 Å². The predicted octanol–water partition coefficient (Wildman–Crippen LogP) is 2.80. The van der Waals surface area contributed by atoms with Gasteiger partial charge in [0, 0.05) is 26.2 Å². The standard InChI is InChI=1S/C19H29FN4O.HI/c1-3-21-19(24-11-7-15(2)8-12-24)23-10-9-22-18(25)14-16-5-4-6-17(20)13-16;/h4-6,13,15H,3,7-12,14H2,1-2H3,(H,21,23)(H,22,25);1H. The second-order valence-electron chi connectivity index (χ2n) is 6.56. The molecule has 5 nitrogen and oxygen atoms in total. The molecule has 1 aromatic carbocycles. The molecule has 2 N–H and O–H groups in total. The Balaban J connectivity index is 0.00000338. The molecule has 0 atom stereocenters. The number of halogens is 2. The van der Waals surface area contributed by atoms with Gasteiger partial charge in [-0.2, -0.15) is 0 Å². The second-order valence-corrected chi connectivity index (χ2v) is 6.56. The van der Waals surface area contributed by atoms with E-state index >= 15 is 0 Å². The Bertz CT molecular complexity index is 589. The molecule has 0 aliphatic carbocycles. The summed E-state index contributed by atoms with van der Waals surface area (Å²) in [6.07, 6.45) is 2.56. The van der Waals surface area contributed by atoms with Crippen LogP contribution in [0.15, 0.2) is 29.3 Å². The van der Waals surface area contributed by atoms with E-state index < -0.39 is 0 Å². The SMILES string of the molecule is CCNC(=NCCNC(=O)Cc1cccc(F)c1)N1CCC(C)CC1.I. The van der Waals surface area contributed by atoms with Gasteiger partial charge in [-0.05, 0) is 43.4 Å². The smallest absolute Gasteiger partial charge is 0.224 e. The van der Waals surface area contributed by atoms with Crippen LogP contribution in [0.1, 0.15) is 32.3 Å². The van der Waals surface area contributed by atoms with Gasteiger partial charge in [0.1, 0.15) is 5.82 Å². The molecule has 1 fully saturated rings. The van der Waals surface area contributed by atoms with Gasteiger partial charge < -0.3 is 15.5 Å². The number of nitrogens with zero attached hydrogens (tertiary/aromatic N) is 2. The third-order valence-electron chi connectivity index (χ3n) is 4.37. The summed E-state index contributed by atoms with van der Waals surface area (Å²) in [7, 11) is 0. The Hall–Kier alpha value is -1.38. The molecule has 1 saturated heterocycles. The van der Waals surface area contributed by atoms with Crippen molar-refractivity contribution in [2.75, 3.05) is 32.7 Å². The summed E-state index contributed by atoms with van der Waals surface area (Å²) in [6.45, 7) is 8.24. The molecule has 26 heavy (non-hydrogen) atoms. The zero-order chi connectivity index (χ0) is 18.1. The average Bonchev–Trinajstić information content (AvgIpc) is 2.58. The van der Waals surface area contributed by atoms with Crippen LogP contribution in [0.2, 0.25) is 0 Å². The molecule has 7 heteroatoms. The van der Waals surface area contributed by atoms with Gasteiger partial charge in [-0.15, -0.1) is 24.0 Å². The normalized spacial score (nSPS) is 15.3. The predicted molar refractivity (Wildman–Crippen MR) is 114 cm³/mol. The minimum atomic E-state index is -0.318. The van der Waals surface area contributed by atoms with Crippen molar-refractivity contribution in [3.8, 4) is 0 Å². The summed E-state index contributed by atoms with van der Waals surface area (Å²) in [5, 5.41) is 6.17. The lowest BCUT2D eigenvalue weighted by atomic mass is 10.00. The van der Waals surface area contributed by atoms with Crippen molar-refractivity contribution < 1.29 is 9.18 Å². The molecule has 1 amide bonds. The second kappa shape index (κ2) is 12.1. The van der Waals surface area contributed by atoms with Gasteiger partial charge in [-0.25, -0.2) is 4.39 Å². The zero-order valence-electron chi connectivity index (χ0n) is 15.6. The first-order chi connectivity index (χ1) is 12.1. The van der Waals surface area contributed by atoms with Crippen LogP contribution >= 0.6 is 24.0 Å². The molecule has 1 heterocycles. The summed E-state index contributed by atoms with van der Waals surface area (Å²) in [6, 6.07) is 6.13.